The maximum absolute atomic E-state index is 12.1. The smallest absolute Gasteiger partial charge is 0.271 e. The molecule has 0 heterocycles. The largest absolute Gasteiger partial charge is 0.497 e. The highest BCUT2D eigenvalue weighted by Crippen LogP contribution is 2.28. The number of hydrogen-bond donors (Lipinski definition) is 1. The van der Waals surface area contributed by atoms with Gasteiger partial charge in [-0.15, -0.1) is 0 Å². The van der Waals surface area contributed by atoms with Crippen molar-refractivity contribution in [1.82, 2.24) is 5.43 Å². The number of benzene rings is 3. The quantitative estimate of drug-likeness (QED) is 0.448. The molecule has 1 N–H and O–H groups in total. The summed E-state index contributed by atoms with van der Waals surface area (Å²) in [6.07, 6.45) is 1.55. The number of carbonyl (C=O) groups is 1. The second-order valence-electron chi connectivity index (χ2n) is 6.61. The summed E-state index contributed by atoms with van der Waals surface area (Å²) in [4.78, 5) is 12.1. The van der Waals surface area contributed by atoms with Crippen molar-refractivity contribution >= 4 is 12.1 Å². The van der Waals surface area contributed by atoms with Crippen LogP contribution in [0.15, 0.2) is 71.8 Å². The van der Waals surface area contributed by atoms with Gasteiger partial charge in [-0.1, -0.05) is 29.8 Å². The van der Waals surface area contributed by atoms with Gasteiger partial charge in [-0.3, -0.25) is 4.79 Å². The van der Waals surface area contributed by atoms with E-state index in [-0.39, 0.29) is 5.91 Å². The van der Waals surface area contributed by atoms with E-state index >= 15 is 0 Å². The zero-order valence-corrected chi connectivity index (χ0v) is 17.2. The lowest BCUT2D eigenvalue weighted by molar-refractivity contribution is 0.0955. The molecule has 0 atom stereocenters. The van der Waals surface area contributed by atoms with Gasteiger partial charge >= 0.3 is 0 Å². The first-order valence-corrected chi connectivity index (χ1v) is 9.43. The highest BCUT2D eigenvalue weighted by molar-refractivity contribution is 5.95. The normalized spacial score (nSPS) is 10.6. The predicted molar refractivity (Wildman–Crippen MR) is 117 cm³/mol. The number of nitrogens with one attached hydrogen (secondary N) is 1. The number of carbonyl (C=O) groups excluding carboxylic acids is 1. The number of methoxy groups -OCH3 is 2. The summed E-state index contributed by atoms with van der Waals surface area (Å²) in [7, 11) is 3.16. The highest BCUT2D eigenvalue weighted by atomic mass is 16.5. The molecule has 0 spiro atoms. The van der Waals surface area contributed by atoms with Gasteiger partial charge in [-0.2, -0.15) is 5.10 Å². The number of nitrogens with zero attached hydrogens (tertiary/aromatic N) is 1. The van der Waals surface area contributed by atoms with Gasteiger partial charge in [-0.05, 0) is 60.5 Å². The number of rotatable bonds is 8. The molecule has 0 aliphatic heterocycles. The number of aryl methyl sites for hydroxylation is 1. The Morgan fingerprint density at radius 1 is 0.933 bits per heavy atom. The standard InChI is InChI=1S/C24H24N2O4/c1-17-4-6-18(7-5-17)16-30-22-13-8-19(14-23(22)29-3)15-25-26-24(27)20-9-11-21(28-2)12-10-20/h4-15H,16H2,1-3H3,(H,26,27)/b25-15+. The summed E-state index contributed by atoms with van der Waals surface area (Å²) in [5, 5.41) is 4.02. The molecule has 0 radical (unpaired) electrons. The van der Waals surface area contributed by atoms with Gasteiger partial charge < -0.3 is 14.2 Å². The van der Waals surface area contributed by atoms with Crippen molar-refractivity contribution in [1.29, 1.82) is 0 Å². The Morgan fingerprint density at radius 2 is 1.67 bits per heavy atom. The van der Waals surface area contributed by atoms with Crippen LogP contribution in [0.4, 0.5) is 0 Å². The average Bonchev–Trinajstić information content (AvgIpc) is 2.79. The lowest BCUT2D eigenvalue weighted by Gasteiger charge is -2.11. The van der Waals surface area contributed by atoms with E-state index in [1.165, 1.54) is 5.56 Å². The Balaban J connectivity index is 1.60. The molecule has 154 valence electrons. The van der Waals surface area contributed by atoms with Crippen LogP contribution in [0.25, 0.3) is 0 Å². The lowest BCUT2D eigenvalue weighted by Crippen LogP contribution is -2.17. The molecule has 3 aromatic rings. The minimum Gasteiger partial charge on any atom is -0.497 e. The number of amides is 1. The van der Waals surface area contributed by atoms with Gasteiger partial charge in [0.05, 0.1) is 20.4 Å². The molecule has 3 aromatic carbocycles. The van der Waals surface area contributed by atoms with Crippen molar-refractivity contribution in [2.45, 2.75) is 13.5 Å². The van der Waals surface area contributed by atoms with Gasteiger partial charge in [0.25, 0.3) is 5.91 Å². The van der Waals surface area contributed by atoms with Crippen molar-refractivity contribution in [2.75, 3.05) is 14.2 Å². The average molecular weight is 404 g/mol. The first-order chi connectivity index (χ1) is 14.6. The molecular weight excluding hydrogens is 380 g/mol. The fourth-order valence-corrected chi connectivity index (χ4v) is 2.70. The summed E-state index contributed by atoms with van der Waals surface area (Å²) < 4.78 is 16.4. The maximum atomic E-state index is 12.1. The molecule has 0 aromatic heterocycles. The molecule has 6 heteroatoms. The summed E-state index contributed by atoms with van der Waals surface area (Å²) in [5.74, 6) is 1.61. The third-order valence-electron chi connectivity index (χ3n) is 4.43. The monoisotopic (exact) mass is 404 g/mol. The molecule has 0 aliphatic carbocycles. The number of ether oxygens (including phenoxy) is 3. The van der Waals surface area contributed by atoms with Crippen LogP contribution in [-0.4, -0.2) is 26.3 Å². The van der Waals surface area contributed by atoms with Gasteiger partial charge in [0.1, 0.15) is 12.4 Å². The Morgan fingerprint density at radius 3 is 2.33 bits per heavy atom. The molecule has 1 amide bonds. The van der Waals surface area contributed by atoms with Crippen LogP contribution in [0.5, 0.6) is 17.2 Å². The zero-order chi connectivity index (χ0) is 21.3. The molecule has 6 nitrogen and oxygen atoms in total. The van der Waals surface area contributed by atoms with Crippen LogP contribution in [0, 0.1) is 6.92 Å². The van der Waals surface area contributed by atoms with Crippen LogP contribution in [0.1, 0.15) is 27.0 Å². The molecule has 0 aliphatic rings. The minimum absolute atomic E-state index is 0.307. The van der Waals surface area contributed by atoms with Crippen molar-refractivity contribution in [3.05, 3.63) is 89.0 Å². The summed E-state index contributed by atoms with van der Waals surface area (Å²) in [6, 6.07) is 20.4. The minimum atomic E-state index is -0.307. The third-order valence-corrected chi connectivity index (χ3v) is 4.43. The zero-order valence-electron chi connectivity index (χ0n) is 17.2. The van der Waals surface area contributed by atoms with E-state index in [0.717, 1.165) is 11.1 Å². The van der Waals surface area contributed by atoms with E-state index in [2.05, 4.69) is 22.7 Å². The Bertz CT molecular complexity index is 1010. The van der Waals surface area contributed by atoms with E-state index in [0.29, 0.717) is 29.4 Å². The number of hydrogen-bond acceptors (Lipinski definition) is 5. The van der Waals surface area contributed by atoms with E-state index in [9.17, 15) is 4.79 Å². The summed E-state index contributed by atoms with van der Waals surface area (Å²) >= 11 is 0. The molecule has 0 saturated heterocycles. The topological polar surface area (TPSA) is 69.2 Å². The molecular formula is C24H24N2O4. The summed E-state index contributed by atoms with van der Waals surface area (Å²) in [5.41, 5.74) is 6.05. The second kappa shape index (κ2) is 10.1. The van der Waals surface area contributed by atoms with Crippen molar-refractivity contribution in [2.24, 2.45) is 5.10 Å². The lowest BCUT2D eigenvalue weighted by atomic mass is 10.2. The molecule has 0 bridgehead atoms. The fourth-order valence-electron chi connectivity index (χ4n) is 2.70. The van der Waals surface area contributed by atoms with Gasteiger partial charge in [0.2, 0.25) is 0 Å². The molecule has 0 fully saturated rings. The maximum Gasteiger partial charge on any atom is 0.271 e. The molecule has 3 rings (SSSR count). The van der Waals surface area contributed by atoms with Gasteiger partial charge in [0.15, 0.2) is 11.5 Å². The Kier molecular flexibility index (Phi) is 7.05. The SMILES string of the molecule is COc1ccc(C(=O)N/N=C/c2ccc(OCc3ccc(C)cc3)c(OC)c2)cc1. The Labute approximate surface area is 176 Å². The first-order valence-electron chi connectivity index (χ1n) is 9.43. The van der Waals surface area contributed by atoms with Crippen LogP contribution >= 0.6 is 0 Å². The van der Waals surface area contributed by atoms with Crippen molar-refractivity contribution in [3.63, 3.8) is 0 Å². The fraction of sp³-hybridized carbons (Fsp3) is 0.167. The Hall–Kier alpha value is -3.80. The van der Waals surface area contributed by atoms with Gasteiger partial charge in [0, 0.05) is 5.56 Å². The van der Waals surface area contributed by atoms with Crippen LogP contribution < -0.4 is 19.6 Å². The van der Waals surface area contributed by atoms with Gasteiger partial charge in [-0.25, -0.2) is 5.43 Å². The van der Waals surface area contributed by atoms with Crippen LogP contribution in [0.2, 0.25) is 0 Å². The summed E-state index contributed by atoms with van der Waals surface area (Å²) in [6.45, 7) is 2.50. The van der Waals surface area contributed by atoms with E-state index in [1.54, 1.807) is 50.8 Å². The second-order valence-corrected chi connectivity index (χ2v) is 6.61. The van der Waals surface area contributed by atoms with E-state index in [4.69, 9.17) is 14.2 Å². The van der Waals surface area contributed by atoms with Crippen molar-refractivity contribution in [3.8, 4) is 17.2 Å². The van der Waals surface area contributed by atoms with Crippen LogP contribution in [0.3, 0.4) is 0 Å². The molecule has 30 heavy (non-hydrogen) atoms. The highest BCUT2D eigenvalue weighted by Gasteiger charge is 2.07. The van der Waals surface area contributed by atoms with E-state index < -0.39 is 0 Å². The predicted octanol–water partition coefficient (Wildman–Crippen LogP) is 4.36. The number of hydrazone groups is 1. The molecule has 0 unspecified atom stereocenters. The van der Waals surface area contributed by atoms with Crippen molar-refractivity contribution < 1.29 is 19.0 Å². The van der Waals surface area contributed by atoms with E-state index in [1.807, 2.05) is 31.2 Å². The first kappa shape index (κ1) is 20.9. The third kappa shape index (κ3) is 5.61. The van der Waals surface area contributed by atoms with Crippen LogP contribution in [-0.2, 0) is 6.61 Å². The molecule has 0 saturated carbocycles.